The molecule has 3 N–H and O–H groups in total. The Bertz CT molecular complexity index is 719. The van der Waals surface area contributed by atoms with Crippen LogP contribution in [0.25, 0.3) is 11.0 Å². The van der Waals surface area contributed by atoms with Crippen molar-refractivity contribution in [2.75, 3.05) is 33.7 Å². The first kappa shape index (κ1) is 16.7. The zero-order valence-electron chi connectivity index (χ0n) is 14.3. The first-order chi connectivity index (χ1) is 11.6. The van der Waals surface area contributed by atoms with Crippen molar-refractivity contribution in [2.45, 2.75) is 25.3 Å². The van der Waals surface area contributed by atoms with Gasteiger partial charge in [0.1, 0.15) is 11.3 Å². The minimum Gasteiger partial charge on any atom is -0.408 e. The van der Waals surface area contributed by atoms with Crippen molar-refractivity contribution < 1.29 is 9.53 Å². The number of hydrogen-bond donors (Lipinski definition) is 2. The van der Waals surface area contributed by atoms with Crippen LogP contribution in [-0.4, -0.2) is 54.3 Å². The smallest absolute Gasteiger partial charge is 0.408 e. The lowest BCUT2D eigenvalue weighted by Gasteiger charge is -2.23. The summed E-state index contributed by atoms with van der Waals surface area (Å²) in [5.74, 6) is 1.85. The van der Waals surface area contributed by atoms with Gasteiger partial charge in [0, 0.05) is 25.6 Å². The van der Waals surface area contributed by atoms with Crippen molar-refractivity contribution in [1.82, 2.24) is 19.8 Å². The summed E-state index contributed by atoms with van der Waals surface area (Å²) < 4.78 is 7.40. The molecule has 1 aromatic carbocycles. The summed E-state index contributed by atoms with van der Waals surface area (Å²) in [6.07, 6.45) is 1.45. The minimum atomic E-state index is -0.814. The zero-order chi connectivity index (χ0) is 17.1. The molecule has 1 aliphatic rings. The van der Waals surface area contributed by atoms with Crippen molar-refractivity contribution >= 4 is 17.1 Å². The van der Waals surface area contributed by atoms with Crippen LogP contribution >= 0.6 is 0 Å². The van der Waals surface area contributed by atoms with E-state index in [2.05, 4.69) is 28.9 Å². The van der Waals surface area contributed by atoms with E-state index in [-0.39, 0.29) is 0 Å². The molecule has 0 aliphatic carbocycles. The summed E-state index contributed by atoms with van der Waals surface area (Å²) in [7, 11) is 4.12. The number of carbonyl (C=O) groups excluding carboxylic acids is 1. The summed E-state index contributed by atoms with van der Waals surface area (Å²) in [4.78, 5) is 18.2. The predicted octanol–water partition coefficient (Wildman–Crippen LogP) is 1.52. The third-order valence-corrected chi connectivity index (χ3v) is 4.41. The summed E-state index contributed by atoms with van der Waals surface area (Å²) in [5, 5.41) is 3.45. The third kappa shape index (κ3) is 3.52. The molecule has 1 aromatic heterocycles. The highest BCUT2D eigenvalue weighted by molar-refractivity contribution is 5.85. The predicted molar refractivity (Wildman–Crippen MR) is 93.3 cm³/mol. The number of nitrogens with one attached hydrogen (secondary N) is 1. The fraction of sp³-hybridized carbons (Fsp3) is 0.529. The van der Waals surface area contributed by atoms with Gasteiger partial charge in [-0.2, -0.15) is 0 Å². The van der Waals surface area contributed by atoms with Gasteiger partial charge in [-0.1, -0.05) is 6.07 Å². The van der Waals surface area contributed by atoms with Gasteiger partial charge in [-0.15, -0.1) is 0 Å². The number of piperidine rings is 1. The molecular weight excluding hydrogens is 306 g/mol. The number of nitrogens with zero attached hydrogens (tertiary/aromatic N) is 3. The van der Waals surface area contributed by atoms with Crippen molar-refractivity contribution in [3.8, 4) is 5.75 Å². The fourth-order valence-corrected chi connectivity index (χ4v) is 3.25. The molecule has 1 amide bonds. The first-order valence-corrected chi connectivity index (χ1v) is 8.38. The van der Waals surface area contributed by atoms with Crippen LogP contribution in [-0.2, 0) is 6.54 Å². The maximum Gasteiger partial charge on any atom is 0.410 e. The molecule has 0 saturated carbocycles. The molecule has 130 valence electrons. The van der Waals surface area contributed by atoms with E-state index in [9.17, 15) is 4.79 Å². The number of ether oxygens (including phenoxy) is 1. The summed E-state index contributed by atoms with van der Waals surface area (Å²) in [6.45, 7) is 3.75. The van der Waals surface area contributed by atoms with E-state index in [1.807, 2.05) is 12.1 Å². The van der Waals surface area contributed by atoms with E-state index in [0.29, 0.717) is 17.2 Å². The van der Waals surface area contributed by atoms with Crippen LogP contribution < -0.4 is 15.8 Å². The highest BCUT2D eigenvalue weighted by Gasteiger charge is 2.23. The van der Waals surface area contributed by atoms with Crippen molar-refractivity contribution in [2.24, 2.45) is 5.73 Å². The molecule has 7 heteroatoms. The lowest BCUT2D eigenvalue weighted by Crippen LogP contribution is -2.30. The number of benzene rings is 1. The van der Waals surface area contributed by atoms with Crippen LogP contribution in [0.5, 0.6) is 5.75 Å². The van der Waals surface area contributed by atoms with E-state index in [0.717, 1.165) is 50.4 Å². The van der Waals surface area contributed by atoms with Crippen LogP contribution in [0.2, 0.25) is 0 Å². The Labute approximate surface area is 141 Å². The number of imidazole rings is 1. The lowest BCUT2D eigenvalue weighted by molar-refractivity contribution is 0.211. The quantitative estimate of drug-likeness (QED) is 0.868. The second kappa shape index (κ2) is 7.19. The average molecular weight is 331 g/mol. The Morgan fingerprint density at radius 2 is 2.33 bits per heavy atom. The van der Waals surface area contributed by atoms with Gasteiger partial charge in [0.05, 0.1) is 5.52 Å². The topological polar surface area (TPSA) is 85.4 Å². The van der Waals surface area contributed by atoms with Gasteiger partial charge in [0.15, 0.2) is 5.75 Å². The molecule has 1 aliphatic heterocycles. The minimum absolute atomic E-state index is 0.370. The van der Waals surface area contributed by atoms with Crippen molar-refractivity contribution in [3.63, 3.8) is 0 Å². The van der Waals surface area contributed by atoms with Gasteiger partial charge in [0.25, 0.3) is 0 Å². The Morgan fingerprint density at radius 1 is 1.50 bits per heavy atom. The molecule has 1 unspecified atom stereocenters. The van der Waals surface area contributed by atoms with Gasteiger partial charge in [-0.05, 0) is 45.6 Å². The van der Waals surface area contributed by atoms with Gasteiger partial charge in [0.2, 0.25) is 0 Å². The van der Waals surface area contributed by atoms with Gasteiger partial charge in [-0.3, -0.25) is 0 Å². The molecule has 2 aromatic rings. The van der Waals surface area contributed by atoms with Crippen LogP contribution in [0, 0.1) is 0 Å². The molecule has 1 atom stereocenters. The van der Waals surface area contributed by atoms with Gasteiger partial charge < -0.3 is 25.3 Å². The normalized spacial score (nSPS) is 18.2. The molecule has 3 rings (SSSR count). The zero-order valence-corrected chi connectivity index (χ0v) is 14.3. The van der Waals surface area contributed by atoms with E-state index >= 15 is 0 Å². The number of para-hydroxylation sites is 1. The van der Waals surface area contributed by atoms with E-state index in [1.54, 1.807) is 6.07 Å². The van der Waals surface area contributed by atoms with Crippen LogP contribution in [0.4, 0.5) is 4.79 Å². The van der Waals surface area contributed by atoms with Crippen LogP contribution in [0.3, 0.4) is 0 Å². The summed E-state index contributed by atoms with van der Waals surface area (Å²) >= 11 is 0. The number of aromatic nitrogens is 2. The maximum atomic E-state index is 11.2. The first-order valence-electron chi connectivity index (χ1n) is 8.38. The van der Waals surface area contributed by atoms with Crippen LogP contribution in [0.1, 0.15) is 24.6 Å². The standard InChI is InChI=1S/C17H25N5O2/c1-21(2)9-10-22-13-6-3-7-14(24-17(18)23)15(13)20-16(22)12-5-4-8-19-11-12/h3,6-7,12,19H,4-5,8-11H2,1-2H3,(H2,18,23). The average Bonchev–Trinajstić information content (AvgIpc) is 2.93. The third-order valence-electron chi connectivity index (χ3n) is 4.41. The Kier molecular flexibility index (Phi) is 5.01. The molecular formula is C17H25N5O2. The summed E-state index contributed by atoms with van der Waals surface area (Å²) in [6, 6.07) is 5.63. The van der Waals surface area contributed by atoms with E-state index < -0.39 is 6.09 Å². The number of rotatable bonds is 5. The van der Waals surface area contributed by atoms with E-state index in [4.69, 9.17) is 15.5 Å². The number of fused-ring (bicyclic) bond motifs is 1. The number of hydrogen-bond acceptors (Lipinski definition) is 5. The highest BCUT2D eigenvalue weighted by Crippen LogP contribution is 2.31. The SMILES string of the molecule is CN(C)CCn1c(C2CCCNC2)nc2c(OC(N)=O)cccc21. The van der Waals surface area contributed by atoms with Gasteiger partial charge in [-0.25, -0.2) is 9.78 Å². The van der Waals surface area contributed by atoms with E-state index in [1.165, 1.54) is 0 Å². The highest BCUT2D eigenvalue weighted by atomic mass is 16.5. The number of likely N-dealkylation sites (N-methyl/N-ethyl adjacent to an activating group) is 1. The molecule has 0 bridgehead atoms. The number of amides is 1. The second-order valence-electron chi connectivity index (χ2n) is 6.51. The van der Waals surface area contributed by atoms with Crippen LogP contribution in [0.15, 0.2) is 18.2 Å². The monoisotopic (exact) mass is 331 g/mol. The molecule has 1 saturated heterocycles. The number of primary amides is 1. The summed E-state index contributed by atoms with van der Waals surface area (Å²) in [5.41, 5.74) is 6.88. The lowest BCUT2D eigenvalue weighted by atomic mass is 9.99. The Hall–Kier alpha value is -2.12. The van der Waals surface area contributed by atoms with Gasteiger partial charge >= 0.3 is 6.09 Å². The molecule has 7 nitrogen and oxygen atoms in total. The molecule has 2 heterocycles. The van der Waals surface area contributed by atoms with Crippen molar-refractivity contribution in [3.05, 3.63) is 24.0 Å². The van der Waals surface area contributed by atoms with Crippen molar-refractivity contribution in [1.29, 1.82) is 0 Å². The maximum absolute atomic E-state index is 11.2. The Balaban J connectivity index is 2.05. The second-order valence-corrected chi connectivity index (χ2v) is 6.51. The molecule has 1 fully saturated rings. The number of nitrogens with two attached hydrogens (primary N) is 1. The molecule has 0 radical (unpaired) electrons. The molecule has 24 heavy (non-hydrogen) atoms. The fourth-order valence-electron chi connectivity index (χ4n) is 3.25. The largest absolute Gasteiger partial charge is 0.410 e. The number of carbonyl (C=O) groups is 1. The Morgan fingerprint density at radius 3 is 3.00 bits per heavy atom. The molecule has 0 spiro atoms.